The fraction of sp³-hybridized carbons (Fsp3) is 0.333. The molecule has 0 aliphatic rings. The number of nitro groups is 1. The van der Waals surface area contributed by atoms with E-state index in [1.165, 1.54) is 21.3 Å². The molecule has 0 fully saturated rings. The predicted octanol–water partition coefficient (Wildman–Crippen LogP) is 3.22. The van der Waals surface area contributed by atoms with E-state index < -0.39 is 23.0 Å². The lowest BCUT2D eigenvalue weighted by Gasteiger charge is -2.19. The number of methoxy groups -OCH3 is 3. The van der Waals surface area contributed by atoms with Gasteiger partial charge in [0, 0.05) is 5.69 Å². The fourth-order valence-corrected chi connectivity index (χ4v) is 3.47. The molecule has 1 unspecified atom stereocenters. The average Bonchev–Trinajstić information content (AvgIpc) is 2.84. The van der Waals surface area contributed by atoms with E-state index in [1.54, 1.807) is 12.1 Å². The van der Waals surface area contributed by atoms with Crippen molar-refractivity contribution in [3.63, 3.8) is 0 Å². The van der Waals surface area contributed by atoms with Crippen LogP contribution in [0, 0.1) is 22.4 Å². The molecule has 2 aromatic carbocycles. The van der Waals surface area contributed by atoms with Crippen LogP contribution in [0.3, 0.4) is 0 Å². The topological polar surface area (TPSA) is 173 Å². The van der Waals surface area contributed by atoms with Crippen LogP contribution >= 0.6 is 0 Å². The number of nitrogens with two attached hydrogens (primary N) is 1. The summed E-state index contributed by atoms with van der Waals surface area (Å²) in [6.45, 7) is 1.67. The highest BCUT2D eigenvalue weighted by molar-refractivity contribution is 5.79. The second-order valence-electron chi connectivity index (χ2n) is 7.79. The van der Waals surface area contributed by atoms with Crippen molar-refractivity contribution in [3.05, 3.63) is 57.1 Å². The Balaban J connectivity index is 2.20. The lowest BCUT2D eigenvalue weighted by atomic mass is 10.1. The standard InChI is InChI=1S/C24H31N5O7/c1-15-7-8-16(9-10-17-13-20(34-2)22(36-4)21(14-17)35-3)12-19(15)27-18(23(30)31)6-5-11-28(24(25)26)29(32)33/h7-10,12-14,18,27H,5-6,11H2,1-4H3,(H3,25,26)(H,30,31). The molecule has 0 aromatic heterocycles. The number of aliphatic carboxylic acids is 1. The number of rotatable bonds is 13. The first-order valence-electron chi connectivity index (χ1n) is 10.9. The van der Waals surface area contributed by atoms with Gasteiger partial charge in [-0.05, 0) is 54.7 Å². The zero-order valence-corrected chi connectivity index (χ0v) is 20.6. The third-order valence-corrected chi connectivity index (χ3v) is 5.38. The zero-order chi connectivity index (χ0) is 26.8. The third kappa shape index (κ3) is 7.26. The first-order chi connectivity index (χ1) is 17.1. The normalized spacial score (nSPS) is 11.6. The summed E-state index contributed by atoms with van der Waals surface area (Å²) in [5, 5.41) is 30.5. The van der Waals surface area contributed by atoms with Gasteiger partial charge < -0.3 is 30.4 Å². The molecule has 0 radical (unpaired) electrons. The van der Waals surface area contributed by atoms with E-state index in [0.29, 0.717) is 27.9 Å². The molecule has 5 N–H and O–H groups in total. The van der Waals surface area contributed by atoms with Gasteiger partial charge >= 0.3 is 5.97 Å². The van der Waals surface area contributed by atoms with Crippen LogP contribution in [0.1, 0.15) is 29.5 Å². The van der Waals surface area contributed by atoms with Crippen molar-refractivity contribution >= 4 is 29.8 Å². The molecule has 36 heavy (non-hydrogen) atoms. The fourth-order valence-electron chi connectivity index (χ4n) is 3.47. The molecule has 0 bridgehead atoms. The quantitative estimate of drug-likeness (QED) is 0.105. The van der Waals surface area contributed by atoms with Gasteiger partial charge in [-0.15, -0.1) is 0 Å². The largest absolute Gasteiger partial charge is 0.493 e. The molecule has 12 nitrogen and oxygen atoms in total. The van der Waals surface area contributed by atoms with E-state index in [9.17, 15) is 20.0 Å². The number of carboxylic acids is 1. The molecule has 2 aromatic rings. The highest BCUT2D eigenvalue weighted by atomic mass is 16.7. The van der Waals surface area contributed by atoms with Crippen LogP contribution in [-0.2, 0) is 4.79 Å². The molecule has 2 rings (SSSR count). The minimum absolute atomic E-state index is 0.0951. The minimum Gasteiger partial charge on any atom is -0.493 e. The summed E-state index contributed by atoms with van der Waals surface area (Å²) in [5.41, 5.74) is 8.28. The van der Waals surface area contributed by atoms with Crippen LogP contribution in [0.25, 0.3) is 12.2 Å². The second kappa shape index (κ2) is 12.8. The van der Waals surface area contributed by atoms with Gasteiger partial charge in [0.25, 0.3) is 5.96 Å². The van der Waals surface area contributed by atoms with E-state index >= 15 is 0 Å². The monoisotopic (exact) mass is 501 g/mol. The Morgan fingerprint density at radius 3 is 2.28 bits per heavy atom. The summed E-state index contributed by atoms with van der Waals surface area (Å²) >= 11 is 0. The van der Waals surface area contributed by atoms with Crippen molar-refractivity contribution in [2.45, 2.75) is 25.8 Å². The summed E-state index contributed by atoms with van der Waals surface area (Å²) in [5.74, 6) is -0.270. The molecule has 0 aliphatic heterocycles. The number of carbonyl (C=O) groups is 1. The Kier molecular flexibility index (Phi) is 9.90. The Morgan fingerprint density at radius 2 is 1.78 bits per heavy atom. The van der Waals surface area contributed by atoms with Gasteiger partial charge in [-0.1, -0.05) is 29.3 Å². The van der Waals surface area contributed by atoms with Crippen LogP contribution in [0.4, 0.5) is 5.69 Å². The Bertz CT molecular complexity index is 1100. The number of hydrogen-bond donors (Lipinski definition) is 4. The Labute approximate surface area is 208 Å². The number of hydrogen-bond acceptors (Lipinski definition) is 8. The SMILES string of the molecule is COc1cc(C=Cc2ccc(C)c(NC(CCCN(C(=N)N)[N+](=O)[O-])C(=O)O)c2)cc(OC)c1OC. The summed E-state index contributed by atoms with van der Waals surface area (Å²) < 4.78 is 16.1. The summed E-state index contributed by atoms with van der Waals surface area (Å²) in [6, 6.07) is 8.20. The van der Waals surface area contributed by atoms with Crippen molar-refractivity contribution in [2.24, 2.45) is 5.73 Å². The maximum atomic E-state index is 11.8. The number of anilines is 1. The molecular formula is C24H31N5O7. The number of carboxylic acid groups (broad SMARTS) is 1. The van der Waals surface area contributed by atoms with E-state index in [1.807, 2.05) is 37.3 Å². The van der Waals surface area contributed by atoms with Gasteiger partial charge in [0.2, 0.25) is 5.75 Å². The first-order valence-corrected chi connectivity index (χ1v) is 10.9. The van der Waals surface area contributed by atoms with Gasteiger partial charge in [0.15, 0.2) is 16.5 Å². The predicted molar refractivity (Wildman–Crippen MR) is 136 cm³/mol. The number of ether oxygens (including phenoxy) is 3. The van der Waals surface area contributed by atoms with Crippen molar-refractivity contribution < 1.29 is 29.1 Å². The molecule has 0 heterocycles. The van der Waals surface area contributed by atoms with E-state index in [2.05, 4.69) is 5.32 Å². The van der Waals surface area contributed by atoms with Gasteiger partial charge in [-0.3, -0.25) is 5.41 Å². The molecule has 0 aliphatic carbocycles. The number of hydrazine groups is 1. The minimum atomic E-state index is -1.09. The smallest absolute Gasteiger partial charge is 0.326 e. The van der Waals surface area contributed by atoms with E-state index in [4.69, 9.17) is 25.4 Å². The molecule has 12 heteroatoms. The van der Waals surface area contributed by atoms with Crippen molar-refractivity contribution in [2.75, 3.05) is 33.2 Å². The van der Waals surface area contributed by atoms with Crippen molar-refractivity contribution in [3.8, 4) is 17.2 Å². The summed E-state index contributed by atoms with van der Waals surface area (Å²) in [6.07, 6.45) is 3.96. The maximum Gasteiger partial charge on any atom is 0.326 e. The third-order valence-electron chi connectivity index (χ3n) is 5.38. The number of guanidine groups is 1. The lowest BCUT2D eigenvalue weighted by Crippen LogP contribution is -2.42. The molecule has 0 spiro atoms. The van der Waals surface area contributed by atoms with Crippen molar-refractivity contribution in [1.82, 2.24) is 5.01 Å². The highest BCUT2D eigenvalue weighted by Crippen LogP contribution is 2.38. The summed E-state index contributed by atoms with van der Waals surface area (Å²) in [7, 11) is 4.61. The highest BCUT2D eigenvalue weighted by Gasteiger charge is 2.22. The first kappa shape index (κ1) is 27.8. The summed E-state index contributed by atoms with van der Waals surface area (Å²) in [4.78, 5) is 22.7. The Morgan fingerprint density at radius 1 is 1.17 bits per heavy atom. The number of nitrogens with zero attached hydrogens (tertiary/aromatic N) is 2. The number of aryl methyl sites for hydroxylation is 1. The van der Waals surface area contributed by atoms with Gasteiger partial charge in [-0.2, -0.15) is 0 Å². The molecule has 0 saturated carbocycles. The van der Waals surface area contributed by atoms with Crippen LogP contribution < -0.4 is 25.3 Å². The lowest BCUT2D eigenvalue weighted by molar-refractivity contribution is -0.629. The molecule has 194 valence electrons. The van der Waals surface area contributed by atoms with Crippen LogP contribution in [0.5, 0.6) is 17.2 Å². The molecule has 0 saturated heterocycles. The number of benzene rings is 2. The van der Waals surface area contributed by atoms with Crippen molar-refractivity contribution in [1.29, 1.82) is 5.41 Å². The zero-order valence-electron chi connectivity index (χ0n) is 20.6. The molecule has 1 atom stereocenters. The second-order valence-corrected chi connectivity index (χ2v) is 7.79. The Hall–Kier alpha value is -4.48. The number of nitrogens with one attached hydrogen (secondary N) is 2. The van der Waals surface area contributed by atoms with E-state index in [-0.39, 0.29) is 19.4 Å². The van der Waals surface area contributed by atoms with Gasteiger partial charge in [-0.25, -0.2) is 14.9 Å². The van der Waals surface area contributed by atoms with Gasteiger partial charge in [0.1, 0.15) is 6.04 Å². The molecule has 0 amide bonds. The van der Waals surface area contributed by atoms with Crippen LogP contribution in [0.2, 0.25) is 0 Å². The average molecular weight is 502 g/mol. The van der Waals surface area contributed by atoms with Crippen LogP contribution in [-0.4, -0.2) is 61.0 Å². The maximum absolute atomic E-state index is 11.8. The van der Waals surface area contributed by atoms with Crippen LogP contribution in [0.15, 0.2) is 30.3 Å². The van der Waals surface area contributed by atoms with Gasteiger partial charge in [0.05, 0.1) is 27.9 Å². The molecular weight excluding hydrogens is 470 g/mol. The van der Waals surface area contributed by atoms with E-state index in [0.717, 1.165) is 16.7 Å².